The summed E-state index contributed by atoms with van der Waals surface area (Å²) in [6.45, 7) is 2.61. The number of hydrogen-bond donors (Lipinski definition) is 3. The topological polar surface area (TPSA) is 119 Å². The second-order valence-electron chi connectivity index (χ2n) is 7.93. The number of carboxylic acid groups (broad SMARTS) is 1. The van der Waals surface area contributed by atoms with E-state index < -0.39 is 30.0 Å². The number of carbonyl (C=O) groups is 4. The van der Waals surface area contributed by atoms with Crippen LogP contribution in [0.5, 0.6) is 0 Å². The van der Waals surface area contributed by atoms with Crippen LogP contribution < -0.4 is 10.6 Å². The quantitative estimate of drug-likeness (QED) is 0.559. The lowest BCUT2D eigenvalue weighted by atomic mass is 10.0. The Bertz CT molecular complexity index is 815. The fourth-order valence-corrected chi connectivity index (χ4v) is 4.20. The molecule has 3 rings (SSSR count). The van der Waals surface area contributed by atoms with Gasteiger partial charge in [-0.05, 0) is 44.6 Å². The van der Waals surface area contributed by atoms with Crippen molar-refractivity contribution < 1.29 is 24.3 Å². The predicted molar refractivity (Wildman–Crippen MR) is 113 cm³/mol. The van der Waals surface area contributed by atoms with Crippen molar-refractivity contribution in [3.8, 4) is 0 Å². The van der Waals surface area contributed by atoms with E-state index in [0.29, 0.717) is 38.8 Å². The summed E-state index contributed by atoms with van der Waals surface area (Å²) in [5, 5.41) is 17.9. The van der Waals surface area contributed by atoms with Crippen molar-refractivity contribution >= 4 is 23.7 Å². The molecular formula is C22H30N4O5. The van der Waals surface area contributed by atoms with E-state index in [1.165, 1.54) is 5.01 Å². The zero-order valence-corrected chi connectivity index (χ0v) is 17.8. The summed E-state index contributed by atoms with van der Waals surface area (Å²) in [4.78, 5) is 50.3. The zero-order valence-electron chi connectivity index (χ0n) is 17.8. The van der Waals surface area contributed by atoms with Crippen molar-refractivity contribution in [3.05, 3.63) is 35.9 Å². The molecule has 0 saturated carbocycles. The lowest BCUT2D eigenvalue weighted by molar-refractivity contribution is -0.181. The number of amides is 3. The number of aliphatic carboxylic acids is 1. The van der Waals surface area contributed by atoms with Crippen LogP contribution in [-0.2, 0) is 25.6 Å². The van der Waals surface area contributed by atoms with E-state index in [4.69, 9.17) is 0 Å². The highest BCUT2D eigenvalue weighted by molar-refractivity contribution is 5.92. The number of carboxylic acids is 1. The van der Waals surface area contributed by atoms with Crippen LogP contribution in [0, 0.1) is 0 Å². The summed E-state index contributed by atoms with van der Waals surface area (Å²) in [6.07, 6.45) is 2.28. The molecule has 0 aromatic heterocycles. The third-order valence-electron chi connectivity index (χ3n) is 5.78. The van der Waals surface area contributed by atoms with Crippen molar-refractivity contribution in [1.82, 2.24) is 20.7 Å². The van der Waals surface area contributed by atoms with E-state index in [0.717, 1.165) is 10.6 Å². The molecule has 2 heterocycles. The highest BCUT2D eigenvalue weighted by atomic mass is 16.4. The van der Waals surface area contributed by atoms with E-state index >= 15 is 0 Å². The maximum Gasteiger partial charge on any atom is 0.328 e. The summed E-state index contributed by atoms with van der Waals surface area (Å²) < 4.78 is 0. The molecule has 2 fully saturated rings. The van der Waals surface area contributed by atoms with E-state index in [-0.39, 0.29) is 24.7 Å². The van der Waals surface area contributed by atoms with Crippen molar-refractivity contribution in [2.24, 2.45) is 0 Å². The van der Waals surface area contributed by atoms with Gasteiger partial charge in [-0.2, -0.15) is 0 Å². The Hall–Kier alpha value is -2.94. The molecule has 1 aromatic carbocycles. The molecule has 0 aliphatic carbocycles. The summed E-state index contributed by atoms with van der Waals surface area (Å²) in [7, 11) is 0. The molecule has 1 aromatic rings. The third-order valence-corrected chi connectivity index (χ3v) is 5.78. The first-order chi connectivity index (χ1) is 14.9. The highest BCUT2D eigenvalue weighted by Crippen LogP contribution is 2.25. The lowest BCUT2D eigenvalue weighted by Gasteiger charge is -2.42. The molecule has 0 spiro atoms. The van der Waals surface area contributed by atoms with Crippen molar-refractivity contribution in [2.45, 2.75) is 63.6 Å². The minimum Gasteiger partial charge on any atom is -0.480 e. The van der Waals surface area contributed by atoms with Gasteiger partial charge >= 0.3 is 5.97 Å². The fraction of sp³-hybridized carbons (Fsp3) is 0.545. The number of aryl methyl sites for hydroxylation is 1. The number of hydrogen-bond acceptors (Lipinski definition) is 5. The van der Waals surface area contributed by atoms with Crippen molar-refractivity contribution in [2.75, 3.05) is 13.1 Å². The summed E-state index contributed by atoms with van der Waals surface area (Å²) >= 11 is 0. The van der Waals surface area contributed by atoms with Crippen LogP contribution in [0.4, 0.5) is 0 Å². The van der Waals surface area contributed by atoms with Crippen molar-refractivity contribution in [3.63, 3.8) is 0 Å². The van der Waals surface area contributed by atoms with Crippen LogP contribution in [0.1, 0.15) is 44.6 Å². The molecule has 9 nitrogen and oxygen atoms in total. The molecule has 3 unspecified atom stereocenters. The predicted octanol–water partition coefficient (Wildman–Crippen LogP) is 0.695. The zero-order chi connectivity index (χ0) is 22.4. The standard InChI is InChI=1S/C22H30N4O5/c1-2-23-20(28)16(11-10-15-7-4-3-5-8-15)24-17-12-13-19(27)25-14-6-9-18(22(30)31)26(25)21(17)29/h3-5,7-8,16-18,24H,2,6,9-14H2,1H3,(H,23,28)(H,30,31). The number of nitrogens with zero attached hydrogens (tertiary/aromatic N) is 2. The third kappa shape index (κ3) is 5.41. The van der Waals surface area contributed by atoms with Gasteiger partial charge in [-0.25, -0.2) is 9.80 Å². The minimum atomic E-state index is -1.13. The Morgan fingerprint density at radius 1 is 1.19 bits per heavy atom. The van der Waals surface area contributed by atoms with Crippen LogP contribution >= 0.6 is 0 Å². The number of nitrogens with one attached hydrogen (secondary N) is 2. The van der Waals surface area contributed by atoms with Gasteiger partial charge in [0.25, 0.3) is 5.91 Å². The second kappa shape index (κ2) is 10.4. The van der Waals surface area contributed by atoms with Gasteiger partial charge in [-0.15, -0.1) is 0 Å². The van der Waals surface area contributed by atoms with E-state index in [2.05, 4.69) is 10.6 Å². The molecule has 9 heteroatoms. The summed E-state index contributed by atoms with van der Waals surface area (Å²) in [6, 6.07) is 7.23. The summed E-state index contributed by atoms with van der Waals surface area (Å²) in [5.41, 5.74) is 1.08. The average Bonchev–Trinajstić information content (AvgIpc) is 2.89. The normalized spacial score (nSPS) is 22.5. The van der Waals surface area contributed by atoms with Gasteiger partial charge in [0.05, 0.1) is 12.1 Å². The van der Waals surface area contributed by atoms with Crippen LogP contribution in [0.3, 0.4) is 0 Å². The Labute approximate surface area is 181 Å². The van der Waals surface area contributed by atoms with Crippen LogP contribution in [0.15, 0.2) is 30.3 Å². The smallest absolute Gasteiger partial charge is 0.328 e. The Morgan fingerprint density at radius 3 is 2.61 bits per heavy atom. The number of rotatable bonds is 8. The van der Waals surface area contributed by atoms with Gasteiger partial charge in [0, 0.05) is 19.5 Å². The number of likely N-dealkylation sites (N-methyl/N-ethyl adjacent to an activating group) is 1. The number of benzene rings is 1. The van der Waals surface area contributed by atoms with Crippen molar-refractivity contribution in [1.29, 1.82) is 0 Å². The molecule has 2 saturated heterocycles. The highest BCUT2D eigenvalue weighted by Gasteiger charge is 2.44. The Balaban J connectivity index is 1.78. The fourth-order valence-electron chi connectivity index (χ4n) is 4.20. The number of carbonyl (C=O) groups excluding carboxylic acids is 3. The van der Waals surface area contributed by atoms with Crippen LogP contribution in [0.25, 0.3) is 0 Å². The molecule has 3 N–H and O–H groups in total. The van der Waals surface area contributed by atoms with Gasteiger partial charge in [0.15, 0.2) is 6.04 Å². The van der Waals surface area contributed by atoms with Gasteiger partial charge in [-0.1, -0.05) is 30.3 Å². The maximum absolute atomic E-state index is 13.3. The molecule has 31 heavy (non-hydrogen) atoms. The molecule has 2 aliphatic heterocycles. The molecule has 168 valence electrons. The van der Waals surface area contributed by atoms with Gasteiger partial charge in [0.1, 0.15) is 0 Å². The number of hydrazine groups is 1. The largest absolute Gasteiger partial charge is 0.480 e. The molecule has 3 atom stereocenters. The first kappa shape index (κ1) is 22.7. The second-order valence-corrected chi connectivity index (χ2v) is 7.93. The van der Waals surface area contributed by atoms with Gasteiger partial charge < -0.3 is 10.4 Å². The molecule has 0 bridgehead atoms. The van der Waals surface area contributed by atoms with E-state index in [1.807, 2.05) is 37.3 Å². The molecule has 2 aliphatic rings. The first-order valence-corrected chi connectivity index (χ1v) is 10.9. The van der Waals surface area contributed by atoms with Gasteiger partial charge in [-0.3, -0.25) is 24.7 Å². The molecule has 3 amide bonds. The maximum atomic E-state index is 13.3. The first-order valence-electron chi connectivity index (χ1n) is 10.9. The molecule has 0 radical (unpaired) electrons. The van der Waals surface area contributed by atoms with E-state index in [1.54, 1.807) is 0 Å². The minimum absolute atomic E-state index is 0.118. The SMILES string of the molecule is CCNC(=O)C(CCc1ccccc1)NC1CCC(=O)N2CCCC(C(=O)O)N2C1=O. The van der Waals surface area contributed by atoms with Gasteiger partial charge in [0.2, 0.25) is 11.8 Å². The van der Waals surface area contributed by atoms with Crippen LogP contribution in [-0.4, -0.2) is 70.0 Å². The average molecular weight is 431 g/mol. The molecular weight excluding hydrogens is 400 g/mol. The summed E-state index contributed by atoms with van der Waals surface area (Å²) in [5.74, 6) is -2.07. The number of fused-ring (bicyclic) bond motifs is 1. The Kier molecular flexibility index (Phi) is 7.62. The van der Waals surface area contributed by atoms with Crippen LogP contribution in [0.2, 0.25) is 0 Å². The monoisotopic (exact) mass is 430 g/mol. The lowest BCUT2D eigenvalue weighted by Crippen LogP contribution is -2.63. The Morgan fingerprint density at radius 2 is 1.94 bits per heavy atom. The van der Waals surface area contributed by atoms with E-state index in [9.17, 15) is 24.3 Å².